The van der Waals surface area contributed by atoms with Gasteiger partial charge in [0.15, 0.2) is 11.4 Å². The van der Waals surface area contributed by atoms with Crippen LogP contribution in [0.5, 0.6) is 5.75 Å². The number of hydrogen-bond donors (Lipinski definition) is 1. The lowest BCUT2D eigenvalue weighted by atomic mass is 9.99. The summed E-state index contributed by atoms with van der Waals surface area (Å²) >= 11 is 3.22. The normalized spacial score (nSPS) is 15.6. The van der Waals surface area contributed by atoms with E-state index in [4.69, 9.17) is 4.74 Å². The van der Waals surface area contributed by atoms with Gasteiger partial charge in [-0.3, -0.25) is 9.69 Å². The summed E-state index contributed by atoms with van der Waals surface area (Å²) in [5.41, 5.74) is -2.54. The fourth-order valence-electron chi connectivity index (χ4n) is 2.43. The number of carbonyl (C=O) groups is 3. The number of benzene rings is 1. The fourth-order valence-corrected chi connectivity index (χ4v) is 2.92. The van der Waals surface area contributed by atoms with Gasteiger partial charge in [0.05, 0.1) is 24.4 Å². The number of rotatable bonds is 3. The summed E-state index contributed by atoms with van der Waals surface area (Å²) in [4.78, 5) is 36.2. The molecule has 0 bridgehead atoms. The Balaban J connectivity index is 2.37. The van der Waals surface area contributed by atoms with Crippen molar-refractivity contribution in [2.45, 2.75) is 25.6 Å². The third-order valence-corrected chi connectivity index (χ3v) is 4.55. The highest BCUT2D eigenvalue weighted by molar-refractivity contribution is 9.10. The minimum absolute atomic E-state index is 0.00793. The number of ether oxygens (including phenoxy) is 2. The number of ketones is 1. The van der Waals surface area contributed by atoms with Crippen LogP contribution < -0.4 is 10.1 Å². The number of anilines is 1. The van der Waals surface area contributed by atoms with Crippen molar-refractivity contribution in [3.05, 3.63) is 33.9 Å². The third kappa shape index (κ3) is 4.13. The van der Waals surface area contributed by atoms with E-state index < -0.39 is 29.5 Å². The second-order valence-electron chi connectivity index (χ2n) is 6.28. The van der Waals surface area contributed by atoms with Crippen LogP contribution in [0, 0.1) is 0 Å². The summed E-state index contributed by atoms with van der Waals surface area (Å²) in [6.45, 7) is 3.06. The summed E-state index contributed by atoms with van der Waals surface area (Å²) < 4.78 is 49.9. The van der Waals surface area contributed by atoms with Gasteiger partial charge in [-0.2, -0.15) is 13.2 Å². The van der Waals surface area contributed by atoms with E-state index in [0.717, 1.165) is 14.2 Å². The summed E-state index contributed by atoms with van der Waals surface area (Å²) in [6.07, 6.45) is -4.83. The first kappa shape index (κ1) is 21.7. The van der Waals surface area contributed by atoms with Gasteiger partial charge in [-0.15, -0.1) is 0 Å². The number of fused-ring (bicyclic) bond motifs is 1. The molecule has 0 aliphatic carbocycles. The quantitative estimate of drug-likeness (QED) is 0.541. The number of Topliss-reactive ketones (excluding diaryl/α,β-unsaturated/α-hetero) is 1. The zero-order chi connectivity index (χ0) is 21.4. The van der Waals surface area contributed by atoms with Crippen molar-refractivity contribution in [3.63, 3.8) is 0 Å². The van der Waals surface area contributed by atoms with Crippen molar-refractivity contribution in [1.82, 2.24) is 4.90 Å². The van der Waals surface area contributed by atoms with Crippen LogP contribution in [-0.4, -0.2) is 48.6 Å². The number of carbonyl (C=O) groups excluding carboxylic acids is 3. The number of amides is 2. The van der Waals surface area contributed by atoms with Gasteiger partial charge in [0.1, 0.15) is 5.70 Å². The molecule has 7 nitrogen and oxygen atoms in total. The maximum absolute atomic E-state index is 13.2. The maximum atomic E-state index is 13.2. The molecular weight excluding hydrogens is 449 g/mol. The first-order chi connectivity index (χ1) is 12.8. The van der Waals surface area contributed by atoms with Crippen molar-refractivity contribution in [2.75, 3.05) is 19.5 Å². The predicted molar refractivity (Wildman–Crippen MR) is 96.1 cm³/mol. The zero-order valence-electron chi connectivity index (χ0n) is 15.2. The van der Waals surface area contributed by atoms with Crippen molar-refractivity contribution in [3.8, 4) is 5.75 Å². The number of urea groups is 1. The fraction of sp³-hybridized carbons (Fsp3) is 0.353. The Morgan fingerprint density at radius 2 is 1.93 bits per heavy atom. The first-order valence-corrected chi connectivity index (χ1v) is 8.56. The molecule has 0 saturated heterocycles. The average molecular weight is 465 g/mol. The van der Waals surface area contributed by atoms with E-state index in [1.54, 1.807) is 0 Å². The number of hydrogen-bond acceptors (Lipinski definition) is 5. The smallest absolute Gasteiger partial charge is 0.431 e. The van der Waals surface area contributed by atoms with Crippen LogP contribution in [-0.2, 0) is 9.53 Å². The van der Waals surface area contributed by atoms with Crippen LogP contribution in [0.15, 0.2) is 28.4 Å². The minimum Gasteiger partial charge on any atom is -0.477 e. The van der Waals surface area contributed by atoms with Gasteiger partial charge in [0, 0.05) is 11.5 Å². The van der Waals surface area contributed by atoms with E-state index in [1.165, 1.54) is 26.0 Å². The molecule has 28 heavy (non-hydrogen) atoms. The highest BCUT2D eigenvalue weighted by atomic mass is 79.9. The number of nitrogens with one attached hydrogen (secondary N) is 1. The highest BCUT2D eigenvalue weighted by Gasteiger charge is 2.43. The minimum atomic E-state index is -4.99. The Hall–Kier alpha value is -2.56. The van der Waals surface area contributed by atoms with Crippen LogP contribution in [0.1, 0.15) is 24.2 Å². The Morgan fingerprint density at radius 3 is 2.46 bits per heavy atom. The van der Waals surface area contributed by atoms with E-state index in [2.05, 4.69) is 26.0 Å². The monoisotopic (exact) mass is 464 g/mol. The molecule has 0 spiro atoms. The SMILES string of the molecule is COC(=O)/C=C(/N(C)C(=O)Nc1ccc(Br)c2c1OC(C)(C)C2=O)C(F)(F)F. The zero-order valence-corrected chi connectivity index (χ0v) is 16.8. The lowest BCUT2D eigenvalue weighted by molar-refractivity contribution is -0.136. The second-order valence-corrected chi connectivity index (χ2v) is 7.13. The van der Waals surface area contributed by atoms with Crippen LogP contribution in [0.2, 0.25) is 0 Å². The Bertz CT molecular complexity index is 880. The number of esters is 1. The molecule has 0 saturated carbocycles. The molecule has 0 unspecified atom stereocenters. The number of halogens is 4. The molecule has 1 N–H and O–H groups in total. The summed E-state index contributed by atoms with van der Waals surface area (Å²) in [7, 11) is 1.75. The van der Waals surface area contributed by atoms with Gasteiger partial charge in [-0.1, -0.05) is 0 Å². The van der Waals surface area contributed by atoms with Crippen molar-refractivity contribution in [2.24, 2.45) is 0 Å². The van der Waals surface area contributed by atoms with Gasteiger partial charge in [0.2, 0.25) is 5.78 Å². The molecule has 11 heteroatoms. The Morgan fingerprint density at radius 1 is 1.32 bits per heavy atom. The standard InChI is InChI=1S/C17H16BrF3N2O5/c1-16(2)14(25)12-8(18)5-6-9(13(12)28-16)22-15(26)23(3)10(17(19,20)21)7-11(24)27-4/h5-7H,1-4H3,(H,22,26)/b10-7+. The van der Waals surface area contributed by atoms with Gasteiger partial charge >= 0.3 is 18.2 Å². The van der Waals surface area contributed by atoms with E-state index in [9.17, 15) is 27.6 Å². The molecular formula is C17H16BrF3N2O5. The lowest BCUT2D eigenvalue weighted by Gasteiger charge is -2.23. The molecule has 2 amide bonds. The number of nitrogens with zero attached hydrogens (tertiary/aromatic N) is 1. The summed E-state index contributed by atoms with van der Waals surface area (Å²) in [5, 5.41) is 2.27. The van der Waals surface area contributed by atoms with Gasteiger partial charge in [-0.25, -0.2) is 9.59 Å². The van der Waals surface area contributed by atoms with Gasteiger partial charge in [-0.05, 0) is 41.9 Å². The molecule has 1 heterocycles. The van der Waals surface area contributed by atoms with E-state index in [1.807, 2.05) is 0 Å². The molecule has 0 radical (unpaired) electrons. The lowest BCUT2D eigenvalue weighted by Crippen LogP contribution is -2.37. The van der Waals surface area contributed by atoms with Gasteiger partial charge in [0.25, 0.3) is 0 Å². The van der Waals surface area contributed by atoms with Crippen molar-refractivity contribution in [1.29, 1.82) is 0 Å². The predicted octanol–water partition coefficient (Wildman–Crippen LogP) is 3.89. The van der Waals surface area contributed by atoms with Crippen molar-refractivity contribution >= 4 is 39.4 Å². The average Bonchev–Trinajstić information content (AvgIpc) is 2.84. The Labute approximate surface area is 166 Å². The Kier molecular flexibility index (Phi) is 5.79. The molecule has 0 atom stereocenters. The largest absolute Gasteiger partial charge is 0.477 e. The molecule has 1 aromatic carbocycles. The molecule has 1 aliphatic heterocycles. The van der Waals surface area contributed by atoms with Crippen LogP contribution in [0.4, 0.5) is 23.7 Å². The molecule has 1 aliphatic rings. The molecule has 1 aromatic rings. The molecule has 152 valence electrons. The van der Waals surface area contributed by atoms with Crippen molar-refractivity contribution < 1.29 is 37.0 Å². The molecule has 2 rings (SSSR count). The topological polar surface area (TPSA) is 84.9 Å². The summed E-state index contributed by atoms with van der Waals surface area (Å²) in [6, 6.07) is 1.64. The second kappa shape index (κ2) is 7.46. The summed E-state index contributed by atoms with van der Waals surface area (Å²) in [5.74, 6) is -1.58. The number of allylic oxidation sites excluding steroid dienone is 1. The third-order valence-electron chi connectivity index (χ3n) is 3.89. The van der Waals surface area contributed by atoms with Crippen LogP contribution >= 0.6 is 15.9 Å². The molecule has 0 fully saturated rings. The van der Waals surface area contributed by atoms with E-state index in [0.29, 0.717) is 4.47 Å². The molecule has 0 aromatic heterocycles. The highest BCUT2D eigenvalue weighted by Crippen LogP contribution is 2.44. The number of methoxy groups -OCH3 is 1. The first-order valence-electron chi connectivity index (χ1n) is 7.77. The van der Waals surface area contributed by atoms with Crippen LogP contribution in [0.3, 0.4) is 0 Å². The maximum Gasteiger partial charge on any atom is 0.431 e. The van der Waals surface area contributed by atoms with E-state index in [-0.39, 0.29) is 33.8 Å². The van der Waals surface area contributed by atoms with Crippen LogP contribution in [0.25, 0.3) is 0 Å². The van der Waals surface area contributed by atoms with E-state index >= 15 is 0 Å². The number of alkyl halides is 3. The van der Waals surface area contributed by atoms with Gasteiger partial charge < -0.3 is 14.8 Å².